The number of hydrogen-bond acceptors (Lipinski definition) is 3. The molecule has 1 atom stereocenters. The summed E-state index contributed by atoms with van der Waals surface area (Å²) in [7, 11) is 0. The molecule has 0 spiro atoms. The van der Waals surface area contributed by atoms with Crippen LogP contribution in [0.15, 0.2) is 66.7 Å². The Bertz CT molecular complexity index is 1220. The van der Waals surface area contributed by atoms with Gasteiger partial charge in [0, 0.05) is 17.6 Å². The van der Waals surface area contributed by atoms with Crippen LogP contribution in [0.1, 0.15) is 32.8 Å². The number of carbonyl (C=O) groups excluding carboxylic acids is 3. The number of amides is 5. The highest BCUT2D eigenvalue weighted by Crippen LogP contribution is 2.27. The van der Waals surface area contributed by atoms with Crippen LogP contribution in [-0.2, 0) is 10.2 Å². The van der Waals surface area contributed by atoms with Crippen LogP contribution in [0.5, 0.6) is 0 Å². The lowest BCUT2D eigenvalue weighted by Crippen LogP contribution is -2.39. The van der Waals surface area contributed by atoms with Crippen molar-refractivity contribution in [3.8, 4) is 0 Å². The lowest BCUT2D eigenvalue weighted by Gasteiger charge is -2.26. The fourth-order valence-electron chi connectivity index (χ4n) is 3.96. The molecule has 1 aliphatic rings. The van der Waals surface area contributed by atoms with Crippen LogP contribution in [0, 0.1) is 0 Å². The number of nitrogens with zero attached hydrogens (tertiary/aromatic N) is 1. The molecule has 3 aromatic rings. The summed E-state index contributed by atoms with van der Waals surface area (Å²) in [5, 5.41) is 10.7. The van der Waals surface area contributed by atoms with Crippen molar-refractivity contribution in [3.05, 3.63) is 72.3 Å². The first-order valence-corrected chi connectivity index (χ1v) is 11.1. The zero-order valence-electron chi connectivity index (χ0n) is 19.0. The average molecular weight is 445 g/mol. The highest BCUT2D eigenvalue weighted by atomic mass is 16.2. The van der Waals surface area contributed by atoms with E-state index in [-0.39, 0.29) is 17.4 Å². The van der Waals surface area contributed by atoms with Crippen molar-refractivity contribution in [3.63, 3.8) is 0 Å². The third kappa shape index (κ3) is 4.67. The maximum atomic E-state index is 12.6. The van der Waals surface area contributed by atoms with E-state index in [0.717, 1.165) is 15.8 Å². The van der Waals surface area contributed by atoms with Gasteiger partial charge in [-0.15, -0.1) is 0 Å². The van der Waals surface area contributed by atoms with Crippen LogP contribution < -0.4 is 20.9 Å². The normalized spacial score (nSPS) is 16.1. The lowest BCUT2D eigenvalue weighted by atomic mass is 9.83. The molecule has 3 N–H and O–H groups in total. The zero-order chi connectivity index (χ0) is 23.6. The van der Waals surface area contributed by atoms with Gasteiger partial charge < -0.3 is 16.0 Å². The number of carbonyl (C=O) groups is 3. The second kappa shape index (κ2) is 8.94. The van der Waals surface area contributed by atoms with Crippen molar-refractivity contribution >= 4 is 40.1 Å². The highest BCUT2D eigenvalue weighted by molar-refractivity contribution is 6.21. The van der Waals surface area contributed by atoms with Gasteiger partial charge >= 0.3 is 12.1 Å². The quantitative estimate of drug-likeness (QED) is 0.478. The van der Waals surface area contributed by atoms with Crippen LogP contribution in [-0.4, -0.2) is 30.6 Å². The van der Waals surface area contributed by atoms with Crippen LogP contribution in [0.25, 0.3) is 10.8 Å². The van der Waals surface area contributed by atoms with Gasteiger partial charge in [-0.3, -0.25) is 4.79 Å². The molecule has 170 valence electrons. The van der Waals surface area contributed by atoms with Gasteiger partial charge in [0.25, 0.3) is 5.91 Å². The molecule has 0 radical (unpaired) electrons. The summed E-state index contributed by atoms with van der Waals surface area (Å²) in [4.78, 5) is 38.4. The van der Waals surface area contributed by atoms with Gasteiger partial charge in [-0.2, -0.15) is 0 Å². The third-order valence-electron chi connectivity index (χ3n) is 6.01. The summed E-state index contributed by atoms with van der Waals surface area (Å²) in [6, 6.07) is 19.9. The minimum Gasteiger partial charge on any atom is -0.337 e. The monoisotopic (exact) mass is 444 g/mol. The predicted molar refractivity (Wildman–Crippen MR) is 131 cm³/mol. The molecule has 5 amide bonds. The average Bonchev–Trinajstić information content (AvgIpc) is 3.10. The van der Waals surface area contributed by atoms with E-state index in [4.69, 9.17) is 0 Å². The number of nitrogens with one attached hydrogen (secondary N) is 3. The van der Waals surface area contributed by atoms with Gasteiger partial charge in [0.2, 0.25) is 0 Å². The van der Waals surface area contributed by atoms with E-state index in [1.54, 1.807) is 24.3 Å². The second-order valence-electron chi connectivity index (χ2n) is 8.89. The van der Waals surface area contributed by atoms with E-state index in [1.807, 2.05) is 19.1 Å². The van der Waals surface area contributed by atoms with Gasteiger partial charge in [-0.1, -0.05) is 69.3 Å². The minimum atomic E-state index is -0.519. The Hall–Kier alpha value is -3.87. The van der Waals surface area contributed by atoms with E-state index < -0.39 is 12.1 Å². The Morgan fingerprint density at radius 1 is 1.00 bits per heavy atom. The summed E-state index contributed by atoms with van der Waals surface area (Å²) in [5.41, 5.74) is 1.77. The summed E-state index contributed by atoms with van der Waals surface area (Å²) in [5.74, 6) is -0.291. The molecule has 1 heterocycles. The Morgan fingerprint density at radius 2 is 1.76 bits per heavy atom. The van der Waals surface area contributed by atoms with E-state index in [0.29, 0.717) is 24.3 Å². The van der Waals surface area contributed by atoms with Crippen LogP contribution in [0.3, 0.4) is 0 Å². The molecule has 0 saturated carbocycles. The predicted octanol–water partition coefficient (Wildman–Crippen LogP) is 4.77. The van der Waals surface area contributed by atoms with Crippen molar-refractivity contribution in [1.29, 1.82) is 0 Å². The first kappa shape index (κ1) is 22.3. The molecule has 0 aromatic heterocycles. The minimum absolute atomic E-state index is 0.279. The Morgan fingerprint density at radius 3 is 2.48 bits per heavy atom. The van der Waals surface area contributed by atoms with Gasteiger partial charge in [0.15, 0.2) is 0 Å². The number of fused-ring (bicyclic) bond motifs is 1. The van der Waals surface area contributed by atoms with Crippen molar-refractivity contribution in [1.82, 2.24) is 10.6 Å². The molecule has 1 fully saturated rings. The largest absolute Gasteiger partial charge is 0.337 e. The van der Waals surface area contributed by atoms with E-state index in [1.165, 1.54) is 5.39 Å². The first-order chi connectivity index (χ1) is 15.8. The van der Waals surface area contributed by atoms with Crippen LogP contribution in [0.4, 0.5) is 21.0 Å². The first-order valence-electron chi connectivity index (χ1n) is 11.1. The Labute approximate surface area is 193 Å². The molecular weight excluding hydrogens is 416 g/mol. The number of hydrogen-bond donors (Lipinski definition) is 3. The van der Waals surface area contributed by atoms with Crippen molar-refractivity contribution in [2.45, 2.75) is 38.6 Å². The number of anilines is 2. The lowest BCUT2D eigenvalue weighted by molar-refractivity contribution is -0.118. The molecule has 0 bridgehead atoms. The number of imide groups is 1. The third-order valence-corrected chi connectivity index (χ3v) is 6.01. The molecular formula is C26H28N4O3. The SMILES string of the molecule is CCC1NC(=O)N(c2cccc(NC(=O)NCC(C)(C)c3ccc4ccccc4c3)c2)C1=O. The maximum absolute atomic E-state index is 12.6. The van der Waals surface area contributed by atoms with E-state index in [2.05, 4.69) is 60.1 Å². The molecule has 7 heteroatoms. The van der Waals surface area contributed by atoms with Crippen molar-refractivity contribution in [2.24, 2.45) is 0 Å². The fourth-order valence-corrected chi connectivity index (χ4v) is 3.96. The maximum Gasteiger partial charge on any atom is 0.329 e. The molecule has 0 aliphatic carbocycles. The van der Waals surface area contributed by atoms with Gasteiger partial charge in [-0.25, -0.2) is 14.5 Å². The molecule has 1 aliphatic heterocycles. The number of urea groups is 2. The van der Waals surface area contributed by atoms with Gasteiger partial charge in [0.1, 0.15) is 6.04 Å². The molecule has 3 aromatic carbocycles. The van der Waals surface area contributed by atoms with Crippen LogP contribution >= 0.6 is 0 Å². The van der Waals surface area contributed by atoms with E-state index >= 15 is 0 Å². The van der Waals surface area contributed by atoms with Crippen molar-refractivity contribution < 1.29 is 14.4 Å². The van der Waals surface area contributed by atoms with Gasteiger partial charge in [0.05, 0.1) is 5.69 Å². The Kier molecular flexibility index (Phi) is 6.05. The van der Waals surface area contributed by atoms with Crippen LogP contribution in [0.2, 0.25) is 0 Å². The molecule has 1 saturated heterocycles. The summed E-state index contributed by atoms with van der Waals surface area (Å²) in [6.45, 7) is 6.44. The zero-order valence-corrected chi connectivity index (χ0v) is 19.0. The fraction of sp³-hybridized carbons (Fsp3) is 0.269. The molecule has 33 heavy (non-hydrogen) atoms. The standard InChI is InChI=1S/C26H28N4O3/c1-4-22-23(31)30(25(33)29-22)21-11-7-10-20(15-21)28-24(32)27-16-26(2,3)19-13-12-17-8-5-6-9-18(17)14-19/h5-15,22H,4,16H2,1-3H3,(H,29,33)(H2,27,28,32). The second-order valence-corrected chi connectivity index (χ2v) is 8.89. The summed E-state index contributed by atoms with van der Waals surface area (Å²) >= 11 is 0. The van der Waals surface area contributed by atoms with E-state index in [9.17, 15) is 14.4 Å². The molecule has 4 rings (SSSR count). The number of benzene rings is 3. The van der Waals surface area contributed by atoms with Gasteiger partial charge in [-0.05, 0) is 41.0 Å². The Balaban J connectivity index is 1.41. The highest BCUT2D eigenvalue weighted by Gasteiger charge is 2.37. The smallest absolute Gasteiger partial charge is 0.329 e. The number of rotatable bonds is 6. The summed E-state index contributed by atoms with van der Waals surface area (Å²) < 4.78 is 0. The van der Waals surface area contributed by atoms with Crippen molar-refractivity contribution in [2.75, 3.05) is 16.8 Å². The topological polar surface area (TPSA) is 90.5 Å². The molecule has 1 unspecified atom stereocenters. The molecule has 7 nitrogen and oxygen atoms in total. The summed E-state index contributed by atoms with van der Waals surface area (Å²) in [6.07, 6.45) is 0.522.